The monoisotopic (exact) mass is 439 g/mol. The van der Waals surface area contributed by atoms with E-state index in [1.165, 1.54) is 18.9 Å². The van der Waals surface area contributed by atoms with Crippen LogP contribution in [0.3, 0.4) is 0 Å². The molecule has 0 saturated heterocycles. The zero-order chi connectivity index (χ0) is 22.4. The molecule has 2 aromatic carbocycles. The maximum Gasteiger partial charge on any atom is 0.255 e. The van der Waals surface area contributed by atoms with Crippen molar-refractivity contribution in [3.8, 4) is 5.75 Å². The van der Waals surface area contributed by atoms with Crippen molar-refractivity contribution < 1.29 is 14.3 Å². The number of amides is 2. The number of hydrogen-bond donors (Lipinski definition) is 2. The molecule has 1 aromatic heterocycles. The van der Waals surface area contributed by atoms with Crippen LogP contribution in [0.5, 0.6) is 5.75 Å². The van der Waals surface area contributed by atoms with E-state index in [1.807, 2.05) is 32.0 Å². The van der Waals surface area contributed by atoms with Crippen molar-refractivity contribution in [3.63, 3.8) is 0 Å². The summed E-state index contributed by atoms with van der Waals surface area (Å²) in [6.45, 7) is 4.13. The molecule has 0 aliphatic rings. The zero-order valence-electron chi connectivity index (χ0n) is 17.9. The van der Waals surface area contributed by atoms with Crippen LogP contribution in [-0.4, -0.2) is 39.4 Å². The predicted octanol–water partition coefficient (Wildman–Crippen LogP) is 3.10. The topological polar surface area (TPSA) is 98.1 Å². The highest BCUT2D eigenvalue weighted by Crippen LogP contribution is 2.21. The summed E-state index contributed by atoms with van der Waals surface area (Å²) in [6.07, 6.45) is 0. The Labute approximate surface area is 185 Å². The number of aromatic nitrogens is 3. The van der Waals surface area contributed by atoms with Gasteiger partial charge in [0, 0.05) is 12.7 Å². The van der Waals surface area contributed by atoms with Gasteiger partial charge < -0.3 is 19.9 Å². The largest absolute Gasteiger partial charge is 0.496 e. The van der Waals surface area contributed by atoms with Crippen molar-refractivity contribution in [1.29, 1.82) is 0 Å². The lowest BCUT2D eigenvalue weighted by Gasteiger charge is -2.11. The minimum atomic E-state index is -0.261. The van der Waals surface area contributed by atoms with Crippen molar-refractivity contribution in [2.24, 2.45) is 7.05 Å². The lowest BCUT2D eigenvalue weighted by Crippen LogP contribution is -2.25. The fourth-order valence-electron chi connectivity index (χ4n) is 3.03. The predicted molar refractivity (Wildman–Crippen MR) is 120 cm³/mol. The van der Waals surface area contributed by atoms with Gasteiger partial charge in [-0.2, -0.15) is 0 Å². The van der Waals surface area contributed by atoms with Gasteiger partial charge in [-0.15, -0.1) is 10.2 Å². The first-order chi connectivity index (χ1) is 14.9. The van der Waals surface area contributed by atoms with E-state index >= 15 is 0 Å². The first-order valence-corrected chi connectivity index (χ1v) is 10.7. The normalized spacial score (nSPS) is 10.6. The highest BCUT2D eigenvalue weighted by molar-refractivity contribution is 7.99. The minimum absolute atomic E-state index is 0.114. The number of nitrogens with zero attached hydrogens (tertiary/aromatic N) is 3. The summed E-state index contributed by atoms with van der Waals surface area (Å²) in [6, 6.07) is 12.9. The van der Waals surface area contributed by atoms with Crippen molar-refractivity contribution in [2.45, 2.75) is 25.5 Å². The van der Waals surface area contributed by atoms with Gasteiger partial charge in [0.2, 0.25) is 5.91 Å². The summed E-state index contributed by atoms with van der Waals surface area (Å²) in [5, 5.41) is 14.6. The minimum Gasteiger partial charge on any atom is -0.496 e. The molecule has 0 saturated carbocycles. The Morgan fingerprint density at radius 3 is 2.48 bits per heavy atom. The number of benzene rings is 2. The van der Waals surface area contributed by atoms with Gasteiger partial charge in [0.1, 0.15) is 5.75 Å². The second kappa shape index (κ2) is 10.1. The lowest BCUT2D eigenvalue weighted by molar-refractivity contribution is -0.113. The third-order valence-corrected chi connectivity index (χ3v) is 5.78. The van der Waals surface area contributed by atoms with Gasteiger partial charge in [0.25, 0.3) is 5.91 Å². The van der Waals surface area contributed by atoms with Gasteiger partial charge in [-0.25, -0.2) is 0 Å². The number of para-hydroxylation sites is 2. The third-order valence-electron chi connectivity index (χ3n) is 4.76. The van der Waals surface area contributed by atoms with Crippen molar-refractivity contribution in [2.75, 3.05) is 18.2 Å². The Balaban J connectivity index is 1.56. The summed E-state index contributed by atoms with van der Waals surface area (Å²) in [7, 11) is 3.32. The number of methoxy groups -OCH3 is 1. The fraction of sp³-hybridized carbons (Fsp3) is 0.273. The molecule has 0 aliphatic heterocycles. The van der Waals surface area contributed by atoms with Crippen LogP contribution in [0.2, 0.25) is 0 Å². The van der Waals surface area contributed by atoms with Crippen molar-refractivity contribution >= 4 is 29.3 Å². The standard InChI is InChI=1S/C22H25N5O3S/c1-14-8-7-9-15(2)20(14)24-19(28)13-31-22-26-25-18(27(22)3)12-23-21(29)16-10-5-6-11-17(16)30-4/h5-11H,12-13H2,1-4H3,(H,23,29)(H,24,28). The molecule has 0 aliphatic carbocycles. The van der Waals surface area contributed by atoms with Gasteiger partial charge in [0.15, 0.2) is 11.0 Å². The number of ether oxygens (including phenoxy) is 1. The molecule has 162 valence electrons. The quantitative estimate of drug-likeness (QED) is 0.524. The summed E-state index contributed by atoms with van der Waals surface area (Å²) in [4.78, 5) is 24.8. The van der Waals surface area contributed by atoms with E-state index in [4.69, 9.17) is 4.74 Å². The van der Waals surface area contributed by atoms with Crippen LogP contribution in [0, 0.1) is 13.8 Å². The van der Waals surface area contributed by atoms with Crippen LogP contribution in [0.4, 0.5) is 5.69 Å². The van der Waals surface area contributed by atoms with E-state index in [1.54, 1.807) is 35.9 Å². The van der Waals surface area contributed by atoms with Crippen LogP contribution in [0.25, 0.3) is 0 Å². The number of thioether (sulfide) groups is 1. The molecule has 0 atom stereocenters. The van der Waals surface area contributed by atoms with E-state index < -0.39 is 0 Å². The van der Waals surface area contributed by atoms with Gasteiger partial charge >= 0.3 is 0 Å². The fourth-order valence-corrected chi connectivity index (χ4v) is 3.76. The zero-order valence-corrected chi connectivity index (χ0v) is 18.7. The molecule has 31 heavy (non-hydrogen) atoms. The van der Waals surface area contributed by atoms with Gasteiger partial charge in [-0.05, 0) is 37.1 Å². The van der Waals surface area contributed by atoms with Crippen LogP contribution >= 0.6 is 11.8 Å². The van der Waals surface area contributed by atoms with Crippen molar-refractivity contribution in [1.82, 2.24) is 20.1 Å². The Hall–Kier alpha value is -3.33. The Morgan fingerprint density at radius 1 is 1.06 bits per heavy atom. The summed E-state index contributed by atoms with van der Waals surface area (Å²) in [5.74, 6) is 0.914. The van der Waals surface area contributed by atoms with Gasteiger partial charge in [-0.3, -0.25) is 9.59 Å². The van der Waals surface area contributed by atoms with Crippen LogP contribution in [0.15, 0.2) is 47.6 Å². The van der Waals surface area contributed by atoms with Crippen LogP contribution in [0.1, 0.15) is 27.3 Å². The number of hydrogen-bond acceptors (Lipinski definition) is 6. The molecular weight excluding hydrogens is 414 g/mol. The highest BCUT2D eigenvalue weighted by Gasteiger charge is 2.15. The average Bonchev–Trinajstić information content (AvgIpc) is 3.12. The third kappa shape index (κ3) is 5.43. The number of carbonyl (C=O) groups excluding carboxylic acids is 2. The molecule has 2 N–H and O–H groups in total. The Morgan fingerprint density at radius 2 is 1.77 bits per heavy atom. The Kier molecular flexibility index (Phi) is 7.30. The molecule has 8 nitrogen and oxygen atoms in total. The maximum atomic E-state index is 12.5. The summed E-state index contributed by atoms with van der Waals surface area (Å²) >= 11 is 1.29. The van der Waals surface area contributed by atoms with E-state index in [0.717, 1.165) is 16.8 Å². The Bertz CT molecular complexity index is 1080. The summed E-state index contributed by atoms with van der Waals surface area (Å²) < 4.78 is 6.99. The molecule has 3 rings (SSSR count). The smallest absolute Gasteiger partial charge is 0.255 e. The second-order valence-electron chi connectivity index (χ2n) is 6.94. The van der Waals surface area contributed by atoms with Crippen LogP contribution < -0.4 is 15.4 Å². The molecular formula is C22H25N5O3S. The SMILES string of the molecule is COc1ccccc1C(=O)NCc1nnc(SCC(=O)Nc2c(C)cccc2C)n1C. The second-order valence-corrected chi connectivity index (χ2v) is 7.89. The maximum absolute atomic E-state index is 12.5. The van der Waals surface area contributed by atoms with Crippen molar-refractivity contribution in [3.05, 3.63) is 65.0 Å². The highest BCUT2D eigenvalue weighted by atomic mass is 32.2. The van der Waals surface area contributed by atoms with Gasteiger partial charge in [0.05, 0.1) is 25.0 Å². The molecule has 3 aromatic rings. The summed E-state index contributed by atoms with van der Waals surface area (Å²) in [5.41, 5.74) is 3.32. The molecule has 0 spiro atoms. The molecule has 0 unspecified atom stereocenters. The van der Waals surface area contributed by atoms with Crippen LogP contribution in [-0.2, 0) is 18.4 Å². The van der Waals surface area contributed by atoms with E-state index in [-0.39, 0.29) is 24.1 Å². The number of carbonyl (C=O) groups is 2. The molecule has 0 fully saturated rings. The molecule has 0 bridgehead atoms. The molecule has 0 radical (unpaired) electrons. The lowest BCUT2D eigenvalue weighted by atomic mass is 10.1. The molecule has 9 heteroatoms. The number of nitrogens with one attached hydrogen (secondary N) is 2. The first kappa shape index (κ1) is 22.4. The van der Waals surface area contributed by atoms with Gasteiger partial charge in [-0.1, -0.05) is 42.1 Å². The average molecular weight is 440 g/mol. The number of aryl methyl sites for hydroxylation is 2. The number of rotatable bonds is 8. The molecule has 1 heterocycles. The first-order valence-electron chi connectivity index (χ1n) is 9.69. The van der Waals surface area contributed by atoms with E-state index in [9.17, 15) is 9.59 Å². The molecule has 2 amide bonds. The van der Waals surface area contributed by atoms with E-state index in [0.29, 0.717) is 22.3 Å². The number of anilines is 1. The van der Waals surface area contributed by atoms with E-state index in [2.05, 4.69) is 20.8 Å².